The number of aryl methyl sites for hydroxylation is 1. The van der Waals surface area contributed by atoms with Crippen LogP contribution in [0.25, 0.3) is 16.6 Å². The minimum Gasteiger partial charge on any atom is -0.327 e. The average Bonchev–Trinajstić information content (AvgIpc) is 2.87. The van der Waals surface area contributed by atoms with Crippen LogP contribution in [-0.4, -0.2) is 9.55 Å². The largest absolute Gasteiger partial charge is 0.327 e. The summed E-state index contributed by atoms with van der Waals surface area (Å²) in [6.07, 6.45) is 10.4. The van der Waals surface area contributed by atoms with E-state index in [2.05, 4.69) is 64.1 Å². The Morgan fingerprint density at radius 1 is 1.12 bits per heavy atom. The summed E-state index contributed by atoms with van der Waals surface area (Å²) in [7, 11) is 2.11. The standard InChI is InChI=1S/C23H30N2/c1-8-10-16(11-9-2)21-24-19-14-17-18(15-20(19)25(21)7)23(5,6)13-12-22(17,3)4/h8-11,14-15H,1,12-13H2,2-7H3/b11-9-,16-10+. The maximum Gasteiger partial charge on any atom is 0.140 e. The minimum absolute atomic E-state index is 0.208. The van der Waals surface area contributed by atoms with E-state index in [-0.39, 0.29) is 10.8 Å². The minimum atomic E-state index is 0.208. The zero-order valence-corrected chi connectivity index (χ0v) is 16.5. The lowest BCUT2D eigenvalue weighted by molar-refractivity contribution is 0.332. The smallest absolute Gasteiger partial charge is 0.140 e. The molecule has 1 aromatic carbocycles. The molecular weight excluding hydrogens is 304 g/mol. The van der Waals surface area contributed by atoms with Gasteiger partial charge in [0.2, 0.25) is 0 Å². The molecule has 0 fully saturated rings. The monoisotopic (exact) mass is 334 g/mol. The number of imidazole rings is 1. The van der Waals surface area contributed by atoms with Crippen molar-refractivity contribution in [2.75, 3.05) is 0 Å². The third-order valence-corrected chi connectivity index (χ3v) is 5.76. The van der Waals surface area contributed by atoms with Crippen molar-refractivity contribution in [1.29, 1.82) is 0 Å². The summed E-state index contributed by atoms with van der Waals surface area (Å²) < 4.78 is 2.21. The molecule has 1 heterocycles. The first kappa shape index (κ1) is 17.7. The fraction of sp³-hybridized carbons (Fsp3) is 0.435. The van der Waals surface area contributed by atoms with Crippen molar-refractivity contribution in [3.05, 3.63) is 60.0 Å². The van der Waals surface area contributed by atoms with Crippen LogP contribution in [0.3, 0.4) is 0 Å². The van der Waals surface area contributed by atoms with Crippen molar-refractivity contribution in [1.82, 2.24) is 9.55 Å². The van der Waals surface area contributed by atoms with E-state index < -0.39 is 0 Å². The predicted molar refractivity (Wildman–Crippen MR) is 109 cm³/mol. The van der Waals surface area contributed by atoms with Gasteiger partial charge in [-0.25, -0.2) is 4.98 Å². The quantitative estimate of drug-likeness (QED) is 0.623. The SMILES string of the molecule is C=C/C=C(\C=C/C)c1nc2cc3c(cc2n1C)C(C)(C)CCC3(C)C. The molecule has 1 aromatic heterocycles. The van der Waals surface area contributed by atoms with Gasteiger partial charge in [0, 0.05) is 12.6 Å². The number of hydrogen-bond acceptors (Lipinski definition) is 1. The van der Waals surface area contributed by atoms with Crippen molar-refractivity contribution in [2.45, 2.75) is 58.3 Å². The number of hydrogen-bond donors (Lipinski definition) is 0. The summed E-state index contributed by atoms with van der Waals surface area (Å²) in [5, 5.41) is 0. The number of aromatic nitrogens is 2. The Labute approximate surface area is 152 Å². The molecule has 2 aromatic rings. The summed E-state index contributed by atoms with van der Waals surface area (Å²) >= 11 is 0. The molecule has 0 amide bonds. The highest BCUT2D eigenvalue weighted by molar-refractivity contribution is 5.84. The number of rotatable bonds is 3. The van der Waals surface area contributed by atoms with E-state index in [0.717, 1.165) is 16.9 Å². The summed E-state index contributed by atoms with van der Waals surface area (Å²) in [6, 6.07) is 4.71. The molecule has 132 valence electrons. The maximum absolute atomic E-state index is 4.97. The highest BCUT2D eigenvalue weighted by atomic mass is 15.1. The van der Waals surface area contributed by atoms with Crippen molar-refractivity contribution in [2.24, 2.45) is 7.05 Å². The molecule has 0 unspecified atom stereocenters. The molecular formula is C23H30N2. The average molecular weight is 335 g/mol. The van der Waals surface area contributed by atoms with Crippen LogP contribution in [0, 0.1) is 0 Å². The maximum atomic E-state index is 4.97. The topological polar surface area (TPSA) is 17.8 Å². The molecule has 2 heteroatoms. The van der Waals surface area contributed by atoms with Gasteiger partial charge in [-0.05, 0) is 53.9 Å². The molecule has 0 saturated heterocycles. The second-order valence-electron chi connectivity index (χ2n) is 8.51. The van der Waals surface area contributed by atoms with E-state index in [4.69, 9.17) is 4.98 Å². The third kappa shape index (κ3) is 2.88. The predicted octanol–water partition coefficient (Wildman–Crippen LogP) is 6.07. The molecule has 0 N–H and O–H groups in total. The highest BCUT2D eigenvalue weighted by Crippen LogP contribution is 2.47. The summed E-state index contributed by atoms with van der Waals surface area (Å²) in [4.78, 5) is 4.97. The lowest BCUT2D eigenvalue weighted by atomic mass is 9.63. The first-order chi connectivity index (χ1) is 11.7. The Bertz CT molecular complexity index is 888. The first-order valence-corrected chi connectivity index (χ1v) is 9.18. The van der Waals surface area contributed by atoms with Crippen LogP contribution in [-0.2, 0) is 17.9 Å². The Kier molecular flexibility index (Phi) is 4.26. The van der Waals surface area contributed by atoms with E-state index in [1.807, 2.05) is 25.2 Å². The van der Waals surface area contributed by atoms with Crippen LogP contribution >= 0.6 is 0 Å². The van der Waals surface area contributed by atoms with Crippen LogP contribution in [0.2, 0.25) is 0 Å². The fourth-order valence-electron chi connectivity index (χ4n) is 4.02. The van der Waals surface area contributed by atoms with Gasteiger partial charge in [0.15, 0.2) is 0 Å². The number of allylic oxidation sites excluding steroid dienone is 5. The zero-order valence-electron chi connectivity index (χ0n) is 16.5. The molecule has 0 atom stereocenters. The molecule has 0 radical (unpaired) electrons. The van der Waals surface area contributed by atoms with Gasteiger partial charge in [0.25, 0.3) is 0 Å². The summed E-state index contributed by atoms with van der Waals surface area (Å²) in [5.74, 6) is 0.992. The van der Waals surface area contributed by atoms with Gasteiger partial charge in [-0.2, -0.15) is 0 Å². The third-order valence-electron chi connectivity index (χ3n) is 5.76. The van der Waals surface area contributed by atoms with Crippen LogP contribution in [0.4, 0.5) is 0 Å². The molecule has 0 bridgehead atoms. The second kappa shape index (κ2) is 6.01. The van der Waals surface area contributed by atoms with Crippen molar-refractivity contribution >= 4 is 16.6 Å². The van der Waals surface area contributed by atoms with E-state index in [0.29, 0.717) is 0 Å². The summed E-state index contributed by atoms with van der Waals surface area (Å²) in [5.41, 5.74) is 6.74. The Hall–Kier alpha value is -2.09. The lowest BCUT2D eigenvalue weighted by Crippen LogP contribution is -2.33. The van der Waals surface area contributed by atoms with Crippen molar-refractivity contribution in [3.63, 3.8) is 0 Å². The van der Waals surface area contributed by atoms with E-state index in [1.54, 1.807) is 0 Å². The van der Waals surface area contributed by atoms with Crippen molar-refractivity contribution in [3.8, 4) is 0 Å². The van der Waals surface area contributed by atoms with Gasteiger partial charge < -0.3 is 4.57 Å². The Morgan fingerprint density at radius 3 is 2.28 bits per heavy atom. The molecule has 1 aliphatic rings. The molecule has 2 nitrogen and oxygen atoms in total. The Balaban J connectivity index is 2.30. The number of nitrogens with zero attached hydrogens (tertiary/aromatic N) is 2. The van der Waals surface area contributed by atoms with E-state index >= 15 is 0 Å². The first-order valence-electron chi connectivity index (χ1n) is 9.18. The van der Waals surface area contributed by atoms with Crippen LogP contribution < -0.4 is 0 Å². The van der Waals surface area contributed by atoms with Crippen LogP contribution in [0.15, 0.2) is 43.0 Å². The number of benzene rings is 1. The number of fused-ring (bicyclic) bond motifs is 2. The van der Waals surface area contributed by atoms with Gasteiger partial charge in [-0.3, -0.25) is 0 Å². The van der Waals surface area contributed by atoms with Crippen LogP contribution in [0.5, 0.6) is 0 Å². The lowest BCUT2D eigenvalue weighted by Gasteiger charge is -2.41. The van der Waals surface area contributed by atoms with Gasteiger partial charge in [-0.15, -0.1) is 0 Å². The molecule has 0 saturated carbocycles. The molecule has 25 heavy (non-hydrogen) atoms. The molecule has 1 aliphatic carbocycles. The van der Waals surface area contributed by atoms with Gasteiger partial charge in [0.1, 0.15) is 5.82 Å². The van der Waals surface area contributed by atoms with Crippen molar-refractivity contribution < 1.29 is 0 Å². The van der Waals surface area contributed by atoms with Gasteiger partial charge in [-0.1, -0.05) is 58.6 Å². The highest BCUT2D eigenvalue weighted by Gasteiger charge is 2.37. The van der Waals surface area contributed by atoms with Gasteiger partial charge >= 0.3 is 0 Å². The molecule has 3 rings (SSSR count). The molecule has 0 aliphatic heterocycles. The van der Waals surface area contributed by atoms with E-state index in [1.165, 1.54) is 29.5 Å². The van der Waals surface area contributed by atoms with E-state index in [9.17, 15) is 0 Å². The van der Waals surface area contributed by atoms with Gasteiger partial charge in [0.05, 0.1) is 11.0 Å². The molecule has 0 spiro atoms. The second-order valence-corrected chi connectivity index (χ2v) is 8.51. The fourth-order valence-corrected chi connectivity index (χ4v) is 4.02. The normalized spacial score (nSPS) is 19.4. The zero-order chi connectivity index (χ0) is 18.4. The Morgan fingerprint density at radius 2 is 1.72 bits per heavy atom. The summed E-state index contributed by atoms with van der Waals surface area (Å²) in [6.45, 7) is 15.3. The van der Waals surface area contributed by atoms with Crippen LogP contribution in [0.1, 0.15) is 64.4 Å².